The van der Waals surface area contributed by atoms with E-state index in [9.17, 15) is 0 Å². The average Bonchev–Trinajstić information content (AvgIpc) is 2.48. The Hall–Kier alpha value is 0.0774. The predicted octanol–water partition coefficient (Wildman–Crippen LogP) is 0.896. The van der Waals surface area contributed by atoms with Crippen LogP contribution in [0.3, 0.4) is 0 Å². The van der Waals surface area contributed by atoms with Gasteiger partial charge in [-0.1, -0.05) is 52.4 Å². The van der Waals surface area contributed by atoms with Gasteiger partial charge >= 0.3 is 18.9 Å². The molecule has 0 aromatic carbocycles. The summed E-state index contributed by atoms with van der Waals surface area (Å²) >= 11 is 0. The number of unbranched alkanes of at least 4 members (excludes halogenated alkanes) is 1. The van der Waals surface area contributed by atoms with Gasteiger partial charge in [-0.3, -0.25) is 0 Å². The second-order valence-electron chi connectivity index (χ2n) is 3.85. The maximum atomic E-state index is 3.50. The van der Waals surface area contributed by atoms with E-state index in [0.717, 1.165) is 6.42 Å². The Morgan fingerprint density at radius 2 is 2.15 bits per heavy atom. The molecule has 0 saturated heterocycles. The summed E-state index contributed by atoms with van der Waals surface area (Å²) in [7, 11) is 0. The SMILES string of the molecule is CCCCC1=[C-]C(C(C)C)=CC1.[Li+]. The molecule has 0 aromatic rings. The summed E-state index contributed by atoms with van der Waals surface area (Å²) in [5.74, 6) is 0.657. The van der Waals surface area contributed by atoms with Crippen LogP contribution >= 0.6 is 0 Å². The first-order valence-corrected chi connectivity index (χ1v) is 5.05. The van der Waals surface area contributed by atoms with Crippen molar-refractivity contribution >= 4 is 0 Å². The summed E-state index contributed by atoms with van der Waals surface area (Å²) in [6, 6.07) is 0. The molecule has 68 valence electrons. The molecule has 0 unspecified atom stereocenters. The Morgan fingerprint density at radius 1 is 1.46 bits per heavy atom. The van der Waals surface area contributed by atoms with Gasteiger partial charge in [0.1, 0.15) is 0 Å². The van der Waals surface area contributed by atoms with Crippen LogP contribution in [0.15, 0.2) is 17.2 Å². The zero-order valence-corrected chi connectivity index (χ0v) is 9.48. The van der Waals surface area contributed by atoms with Crippen molar-refractivity contribution in [1.29, 1.82) is 0 Å². The van der Waals surface area contributed by atoms with E-state index in [-0.39, 0.29) is 18.9 Å². The van der Waals surface area contributed by atoms with Gasteiger partial charge in [0.25, 0.3) is 0 Å². The van der Waals surface area contributed by atoms with Gasteiger partial charge < -0.3 is 0 Å². The van der Waals surface area contributed by atoms with E-state index in [4.69, 9.17) is 0 Å². The van der Waals surface area contributed by atoms with Crippen molar-refractivity contribution in [2.75, 3.05) is 0 Å². The van der Waals surface area contributed by atoms with E-state index < -0.39 is 0 Å². The molecule has 0 spiro atoms. The molecule has 0 aromatic heterocycles. The molecule has 0 nitrogen and oxygen atoms in total. The van der Waals surface area contributed by atoms with Gasteiger partial charge in [-0.2, -0.15) is 5.57 Å². The van der Waals surface area contributed by atoms with Gasteiger partial charge in [0, 0.05) is 0 Å². The van der Waals surface area contributed by atoms with Crippen molar-refractivity contribution in [3.63, 3.8) is 0 Å². The van der Waals surface area contributed by atoms with Crippen LogP contribution in [0.25, 0.3) is 0 Å². The van der Waals surface area contributed by atoms with Crippen LogP contribution in [0.4, 0.5) is 0 Å². The van der Waals surface area contributed by atoms with Crippen LogP contribution in [-0.4, -0.2) is 0 Å². The Bertz CT molecular complexity index is 199. The fraction of sp³-hybridized carbons (Fsp3) is 0.667. The molecule has 1 aliphatic carbocycles. The summed E-state index contributed by atoms with van der Waals surface area (Å²) in [5, 5.41) is 0. The number of rotatable bonds is 4. The summed E-state index contributed by atoms with van der Waals surface area (Å²) in [5.41, 5.74) is 2.93. The van der Waals surface area contributed by atoms with Crippen LogP contribution in [0, 0.1) is 12.0 Å². The number of hydrogen-bond donors (Lipinski definition) is 0. The fourth-order valence-corrected chi connectivity index (χ4v) is 1.47. The summed E-state index contributed by atoms with van der Waals surface area (Å²) in [4.78, 5) is 0. The maximum absolute atomic E-state index is 3.50. The van der Waals surface area contributed by atoms with E-state index >= 15 is 0 Å². The fourth-order valence-electron chi connectivity index (χ4n) is 1.47. The zero-order valence-electron chi connectivity index (χ0n) is 9.48. The first-order valence-electron chi connectivity index (χ1n) is 5.05. The third-order valence-corrected chi connectivity index (χ3v) is 2.34. The quantitative estimate of drug-likeness (QED) is 0.434. The number of hydrogen-bond acceptors (Lipinski definition) is 0. The molecular weight excluding hydrogens is 151 g/mol. The minimum absolute atomic E-state index is 0. The van der Waals surface area contributed by atoms with Crippen LogP contribution in [-0.2, 0) is 0 Å². The molecule has 0 bridgehead atoms. The largest absolute Gasteiger partial charge is 1.00 e. The topological polar surface area (TPSA) is 0 Å². The molecule has 1 rings (SSSR count). The molecule has 0 amide bonds. The van der Waals surface area contributed by atoms with Gasteiger partial charge in [-0.05, 0) is 0 Å². The third-order valence-electron chi connectivity index (χ3n) is 2.34. The van der Waals surface area contributed by atoms with Gasteiger partial charge in [-0.25, -0.2) is 17.7 Å². The Balaban J connectivity index is 0.00000144. The van der Waals surface area contributed by atoms with E-state index in [1.807, 2.05) is 0 Å². The summed E-state index contributed by atoms with van der Waals surface area (Å²) < 4.78 is 0. The van der Waals surface area contributed by atoms with E-state index in [1.54, 1.807) is 0 Å². The van der Waals surface area contributed by atoms with Crippen LogP contribution in [0.1, 0.15) is 46.5 Å². The van der Waals surface area contributed by atoms with Crippen molar-refractivity contribution in [1.82, 2.24) is 0 Å². The minimum Gasteiger partial charge on any atom is -0.249 e. The van der Waals surface area contributed by atoms with E-state index in [2.05, 4.69) is 32.9 Å². The monoisotopic (exact) mass is 170 g/mol. The molecule has 0 atom stereocenters. The zero-order chi connectivity index (χ0) is 8.97. The summed E-state index contributed by atoms with van der Waals surface area (Å²) in [6.07, 6.45) is 10.9. The van der Waals surface area contributed by atoms with Crippen molar-refractivity contribution in [3.05, 3.63) is 23.3 Å². The van der Waals surface area contributed by atoms with Crippen LogP contribution in [0.5, 0.6) is 0 Å². The molecule has 13 heavy (non-hydrogen) atoms. The first kappa shape index (κ1) is 13.1. The maximum Gasteiger partial charge on any atom is 1.00 e. The Labute approximate surface area is 94.7 Å². The van der Waals surface area contributed by atoms with Gasteiger partial charge in [-0.15, -0.1) is 0 Å². The second kappa shape index (κ2) is 6.52. The molecule has 0 aliphatic heterocycles. The normalized spacial score (nSPS) is 15.4. The first-order chi connectivity index (χ1) is 5.74. The minimum atomic E-state index is 0. The summed E-state index contributed by atoms with van der Waals surface area (Å²) in [6.45, 7) is 6.72. The van der Waals surface area contributed by atoms with Crippen molar-refractivity contribution in [2.45, 2.75) is 46.5 Å². The molecule has 0 radical (unpaired) electrons. The van der Waals surface area contributed by atoms with Crippen molar-refractivity contribution in [3.8, 4) is 0 Å². The Kier molecular flexibility index (Phi) is 6.56. The van der Waals surface area contributed by atoms with Crippen molar-refractivity contribution in [2.24, 2.45) is 5.92 Å². The molecule has 0 fully saturated rings. The van der Waals surface area contributed by atoms with Gasteiger partial charge in [0.2, 0.25) is 0 Å². The predicted molar refractivity (Wildman–Crippen MR) is 53.8 cm³/mol. The molecule has 0 saturated carbocycles. The van der Waals surface area contributed by atoms with E-state index in [1.165, 1.54) is 30.4 Å². The third kappa shape index (κ3) is 4.21. The second-order valence-corrected chi connectivity index (χ2v) is 3.85. The van der Waals surface area contributed by atoms with Gasteiger partial charge in [0.05, 0.1) is 0 Å². The number of allylic oxidation sites excluding steroid dienone is 4. The van der Waals surface area contributed by atoms with Crippen LogP contribution in [0.2, 0.25) is 0 Å². The molecule has 1 aliphatic rings. The van der Waals surface area contributed by atoms with Gasteiger partial charge in [0.15, 0.2) is 0 Å². The standard InChI is InChI=1S/C12H19.Li/c1-4-5-6-11-7-8-12(9-11)10(2)3;/h8,10H,4-7H2,1-3H3;/q-1;+1. The molecular formula is C12H19Li. The molecule has 1 heteroatoms. The molecule has 0 heterocycles. The Morgan fingerprint density at radius 3 is 2.62 bits per heavy atom. The average molecular weight is 170 g/mol. The van der Waals surface area contributed by atoms with Crippen LogP contribution < -0.4 is 18.9 Å². The van der Waals surface area contributed by atoms with Crippen molar-refractivity contribution < 1.29 is 18.9 Å². The van der Waals surface area contributed by atoms with E-state index in [0.29, 0.717) is 5.92 Å². The molecule has 0 N–H and O–H groups in total. The smallest absolute Gasteiger partial charge is 0.249 e.